The lowest BCUT2D eigenvalue weighted by atomic mass is 10.1. The molecule has 1 aromatic heterocycles. The van der Waals surface area contributed by atoms with Crippen molar-refractivity contribution in [2.45, 2.75) is 19.8 Å². The molecule has 1 rings (SSSR count). The molecule has 0 radical (unpaired) electrons. The van der Waals surface area contributed by atoms with Gasteiger partial charge in [-0.2, -0.15) is 5.26 Å². The summed E-state index contributed by atoms with van der Waals surface area (Å²) < 4.78 is 1.09. The molecule has 0 atom stereocenters. The molecule has 1 nitrogen and oxygen atoms in total. The van der Waals surface area contributed by atoms with Crippen LogP contribution in [-0.4, -0.2) is 0 Å². The molecule has 80 valence electrons. The fourth-order valence-corrected chi connectivity index (χ4v) is 2.98. The first-order chi connectivity index (χ1) is 7.10. The Bertz CT molecular complexity index is 428. The fraction of sp³-hybridized carbons (Fsp3) is 0.300. The van der Waals surface area contributed by atoms with Crippen LogP contribution < -0.4 is 0 Å². The van der Waals surface area contributed by atoms with Gasteiger partial charge in [0.05, 0.1) is 15.4 Å². The second kappa shape index (κ2) is 5.77. The maximum Gasteiger partial charge on any atom is 0.103 e. The molecule has 0 saturated carbocycles. The zero-order valence-corrected chi connectivity index (χ0v) is 11.1. The van der Waals surface area contributed by atoms with Crippen molar-refractivity contribution >= 4 is 51.2 Å². The molecule has 0 aliphatic rings. The summed E-state index contributed by atoms with van der Waals surface area (Å²) in [5.74, 6) is 0. The van der Waals surface area contributed by atoms with Crippen molar-refractivity contribution in [1.29, 1.82) is 5.26 Å². The zero-order chi connectivity index (χ0) is 11.4. The summed E-state index contributed by atoms with van der Waals surface area (Å²) in [6.45, 7) is 1.99. The van der Waals surface area contributed by atoms with E-state index in [0.717, 1.165) is 6.42 Å². The van der Waals surface area contributed by atoms with Crippen molar-refractivity contribution in [3.8, 4) is 6.07 Å². The van der Waals surface area contributed by atoms with Gasteiger partial charge in [0.25, 0.3) is 0 Å². The highest BCUT2D eigenvalue weighted by atomic mass is 35.5. The van der Waals surface area contributed by atoms with E-state index >= 15 is 0 Å². The predicted octanol–water partition coefficient (Wildman–Crippen LogP) is 5.33. The summed E-state index contributed by atoms with van der Waals surface area (Å²) in [4.78, 5) is 0. The summed E-state index contributed by atoms with van der Waals surface area (Å²) in [5.41, 5.74) is 1.20. The minimum atomic E-state index is 0.410. The van der Waals surface area contributed by atoms with Gasteiger partial charge in [0.2, 0.25) is 0 Å². The van der Waals surface area contributed by atoms with Crippen LogP contribution in [0.4, 0.5) is 0 Å². The molecule has 0 bridgehead atoms. The minimum Gasteiger partial charge on any atom is -0.193 e. The van der Waals surface area contributed by atoms with Crippen molar-refractivity contribution in [2.75, 3.05) is 0 Å². The van der Waals surface area contributed by atoms with Crippen molar-refractivity contribution in [1.82, 2.24) is 0 Å². The van der Waals surface area contributed by atoms with Crippen LogP contribution in [0.25, 0.3) is 5.03 Å². The number of nitriles is 1. The number of thiophene rings is 1. The molecule has 0 amide bonds. The standard InChI is InChI=1S/C10H8Cl3NS/c1-2-3-6(5-14)9(12)7-4-8(11)15-10(7)13/h4H,2-3H2,1H3/b9-6-. The Hall–Kier alpha value is -0.200. The second-order valence-electron chi connectivity index (χ2n) is 2.89. The molecular formula is C10H8Cl3NS. The topological polar surface area (TPSA) is 23.8 Å². The fourth-order valence-electron chi connectivity index (χ4n) is 1.12. The molecule has 5 heteroatoms. The first-order valence-corrected chi connectivity index (χ1v) is 6.29. The molecule has 1 aromatic rings. The monoisotopic (exact) mass is 279 g/mol. The zero-order valence-electron chi connectivity index (χ0n) is 7.98. The van der Waals surface area contributed by atoms with Crippen LogP contribution in [0, 0.1) is 11.3 Å². The summed E-state index contributed by atoms with van der Waals surface area (Å²) in [6.07, 6.45) is 1.52. The third-order valence-electron chi connectivity index (χ3n) is 1.79. The lowest BCUT2D eigenvalue weighted by Gasteiger charge is -2.00. The van der Waals surface area contributed by atoms with Crippen LogP contribution in [0.3, 0.4) is 0 Å². The second-order valence-corrected chi connectivity index (χ2v) is 5.56. The maximum atomic E-state index is 8.92. The number of rotatable bonds is 3. The Morgan fingerprint density at radius 1 is 1.53 bits per heavy atom. The average molecular weight is 281 g/mol. The van der Waals surface area contributed by atoms with Gasteiger partial charge in [-0.15, -0.1) is 11.3 Å². The van der Waals surface area contributed by atoms with E-state index < -0.39 is 0 Å². The van der Waals surface area contributed by atoms with Crippen LogP contribution in [0.2, 0.25) is 8.67 Å². The molecule has 0 aromatic carbocycles. The highest BCUT2D eigenvalue weighted by molar-refractivity contribution is 7.20. The molecule has 15 heavy (non-hydrogen) atoms. The molecule has 0 fully saturated rings. The van der Waals surface area contributed by atoms with E-state index in [-0.39, 0.29) is 0 Å². The highest BCUT2D eigenvalue weighted by Gasteiger charge is 2.13. The summed E-state index contributed by atoms with van der Waals surface area (Å²) in [7, 11) is 0. The van der Waals surface area contributed by atoms with Gasteiger partial charge in [0.1, 0.15) is 4.34 Å². The molecule has 1 heterocycles. The normalized spacial score (nSPS) is 12.2. The minimum absolute atomic E-state index is 0.410. The van der Waals surface area contributed by atoms with Crippen LogP contribution in [0.15, 0.2) is 11.6 Å². The van der Waals surface area contributed by atoms with Crippen molar-refractivity contribution in [2.24, 2.45) is 0 Å². The average Bonchev–Trinajstić information content (AvgIpc) is 2.53. The SMILES string of the molecule is CCC/C(C#N)=C(/Cl)c1cc(Cl)sc1Cl. The summed E-state index contributed by atoms with van der Waals surface area (Å²) >= 11 is 19.1. The largest absolute Gasteiger partial charge is 0.193 e. The molecule has 0 aliphatic heterocycles. The van der Waals surface area contributed by atoms with E-state index in [2.05, 4.69) is 6.07 Å². The van der Waals surface area contributed by atoms with E-state index in [1.807, 2.05) is 6.92 Å². The molecular weight excluding hydrogens is 273 g/mol. The smallest absolute Gasteiger partial charge is 0.103 e. The Balaban J connectivity index is 3.17. The molecule has 0 aliphatic carbocycles. The lowest BCUT2D eigenvalue weighted by Crippen LogP contribution is -1.83. The van der Waals surface area contributed by atoms with Gasteiger partial charge in [0, 0.05) is 11.1 Å². The number of nitrogens with zero attached hydrogens (tertiary/aromatic N) is 1. The van der Waals surface area contributed by atoms with Gasteiger partial charge in [-0.05, 0) is 12.5 Å². The van der Waals surface area contributed by atoms with Crippen LogP contribution >= 0.6 is 46.1 Å². The van der Waals surface area contributed by atoms with Crippen molar-refractivity contribution < 1.29 is 0 Å². The Morgan fingerprint density at radius 2 is 2.20 bits per heavy atom. The number of allylic oxidation sites excluding steroid dienone is 1. The van der Waals surface area contributed by atoms with Gasteiger partial charge in [0.15, 0.2) is 0 Å². The highest BCUT2D eigenvalue weighted by Crippen LogP contribution is 2.38. The van der Waals surface area contributed by atoms with Crippen LogP contribution in [0.1, 0.15) is 25.3 Å². The lowest BCUT2D eigenvalue weighted by molar-refractivity contribution is 0.933. The first-order valence-electron chi connectivity index (χ1n) is 4.34. The molecule has 0 saturated heterocycles. The summed E-state index contributed by atoms with van der Waals surface area (Å²) in [6, 6.07) is 3.77. The molecule has 0 N–H and O–H groups in total. The van der Waals surface area contributed by atoms with Gasteiger partial charge in [-0.25, -0.2) is 0 Å². The van der Waals surface area contributed by atoms with E-state index in [9.17, 15) is 0 Å². The van der Waals surface area contributed by atoms with Crippen LogP contribution in [0.5, 0.6) is 0 Å². The predicted molar refractivity (Wildman–Crippen MR) is 67.6 cm³/mol. The van der Waals surface area contributed by atoms with E-state index in [0.29, 0.717) is 31.3 Å². The quantitative estimate of drug-likeness (QED) is 0.687. The summed E-state index contributed by atoms with van der Waals surface area (Å²) in [5, 5.41) is 9.33. The number of hydrogen-bond donors (Lipinski definition) is 0. The number of hydrogen-bond acceptors (Lipinski definition) is 2. The van der Waals surface area contributed by atoms with Crippen LogP contribution in [-0.2, 0) is 0 Å². The van der Waals surface area contributed by atoms with Gasteiger partial charge >= 0.3 is 0 Å². The number of halogens is 3. The Labute approximate surface area is 108 Å². The maximum absolute atomic E-state index is 8.92. The molecule has 0 spiro atoms. The van der Waals surface area contributed by atoms with Crippen molar-refractivity contribution in [3.63, 3.8) is 0 Å². The first kappa shape index (κ1) is 12.9. The van der Waals surface area contributed by atoms with E-state index in [4.69, 9.17) is 40.1 Å². The van der Waals surface area contributed by atoms with Gasteiger partial charge in [-0.3, -0.25) is 0 Å². The van der Waals surface area contributed by atoms with Gasteiger partial charge in [-0.1, -0.05) is 48.1 Å². The van der Waals surface area contributed by atoms with E-state index in [1.54, 1.807) is 6.07 Å². The third kappa shape index (κ3) is 3.12. The Kier molecular flexibility index (Phi) is 4.95. The van der Waals surface area contributed by atoms with Crippen molar-refractivity contribution in [3.05, 3.63) is 25.9 Å². The third-order valence-corrected chi connectivity index (χ3v) is 3.71. The Morgan fingerprint density at radius 3 is 2.60 bits per heavy atom. The molecule has 0 unspecified atom stereocenters. The van der Waals surface area contributed by atoms with Gasteiger partial charge < -0.3 is 0 Å². The van der Waals surface area contributed by atoms with E-state index in [1.165, 1.54) is 11.3 Å².